The molecule has 2 aliphatic heterocycles. The van der Waals surface area contributed by atoms with Gasteiger partial charge in [0.1, 0.15) is 6.10 Å². The van der Waals surface area contributed by atoms with Crippen LogP contribution < -0.4 is 0 Å². The standard InChI is InChI=1S/C23H25N5O4/c1-26-7-6-24-21(26)23(30)28-10-13-32-20(15-28)19-14-17(16-4-2-3-5-18(16)25-19)22(29)27-8-11-31-12-9-27/h2-7,14,20H,8-13,15H2,1H3/t20-/m0/s1. The van der Waals surface area contributed by atoms with E-state index in [2.05, 4.69) is 4.98 Å². The number of hydrogen-bond acceptors (Lipinski definition) is 6. The molecule has 0 saturated carbocycles. The largest absolute Gasteiger partial charge is 0.378 e. The summed E-state index contributed by atoms with van der Waals surface area (Å²) in [6.45, 7) is 3.43. The van der Waals surface area contributed by atoms with Crippen LogP contribution in [0.3, 0.4) is 0 Å². The van der Waals surface area contributed by atoms with Crippen molar-refractivity contribution in [3.8, 4) is 0 Å². The Kier molecular flexibility index (Phi) is 5.59. The number of rotatable bonds is 3. The Morgan fingerprint density at radius 2 is 1.81 bits per heavy atom. The first-order valence-corrected chi connectivity index (χ1v) is 10.8. The summed E-state index contributed by atoms with van der Waals surface area (Å²) in [5, 5.41) is 0.810. The number of benzene rings is 1. The number of carbonyl (C=O) groups excluding carboxylic acids is 2. The molecule has 32 heavy (non-hydrogen) atoms. The summed E-state index contributed by atoms with van der Waals surface area (Å²) in [4.78, 5) is 38.8. The zero-order chi connectivity index (χ0) is 22.1. The van der Waals surface area contributed by atoms with E-state index in [1.54, 1.807) is 28.9 Å². The highest BCUT2D eigenvalue weighted by atomic mass is 16.5. The minimum Gasteiger partial charge on any atom is -0.378 e. The van der Waals surface area contributed by atoms with Gasteiger partial charge >= 0.3 is 0 Å². The van der Waals surface area contributed by atoms with Gasteiger partial charge in [-0.3, -0.25) is 9.59 Å². The number of amides is 2. The molecule has 2 saturated heterocycles. The second-order valence-electron chi connectivity index (χ2n) is 7.99. The first-order chi connectivity index (χ1) is 15.6. The van der Waals surface area contributed by atoms with Gasteiger partial charge in [-0.25, -0.2) is 9.97 Å². The van der Waals surface area contributed by atoms with E-state index in [9.17, 15) is 9.59 Å². The van der Waals surface area contributed by atoms with E-state index >= 15 is 0 Å². The number of nitrogens with zero attached hydrogens (tertiary/aromatic N) is 5. The van der Waals surface area contributed by atoms with Gasteiger partial charge in [0.05, 0.1) is 43.1 Å². The third-order valence-electron chi connectivity index (χ3n) is 5.96. The van der Waals surface area contributed by atoms with Crippen molar-refractivity contribution in [3.63, 3.8) is 0 Å². The highest BCUT2D eigenvalue weighted by molar-refractivity contribution is 6.06. The first kappa shape index (κ1) is 20.6. The van der Waals surface area contributed by atoms with Gasteiger partial charge < -0.3 is 23.8 Å². The van der Waals surface area contributed by atoms with Crippen molar-refractivity contribution >= 4 is 22.7 Å². The van der Waals surface area contributed by atoms with Gasteiger partial charge in [-0.2, -0.15) is 0 Å². The number of para-hydroxylation sites is 1. The zero-order valence-electron chi connectivity index (χ0n) is 17.9. The Labute approximate surface area is 185 Å². The van der Waals surface area contributed by atoms with E-state index in [4.69, 9.17) is 14.5 Å². The van der Waals surface area contributed by atoms with Crippen molar-refractivity contribution < 1.29 is 19.1 Å². The van der Waals surface area contributed by atoms with E-state index < -0.39 is 6.10 Å². The van der Waals surface area contributed by atoms with Crippen molar-refractivity contribution in [2.24, 2.45) is 7.05 Å². The van der Waals surface area contributed by atoms with Crippen molar-refractivity contribution in [1.82, 2.24) is 24.3 Å². The summed E-state index contributed by atoms with van der Waals surface area (Å²) in [7, 11) is 1.80. The van der Waals surface area contributed by atoms with Crippen LogP contribution in [-0.4, -0.2) is 82.1 Å². The van der Waals surface area contributed by atoms with Crippen LogP contribution in [0.25, 0.3) is 10.9 Å². The predicted molar refractivity (Wildman–Crippen MR) is 116 cm³/mol. The lowest BCUT2D eigenvalue weighted by Gasteiger charge is -2.33. The topological polar surface area (TPSA) is 89.8 Å². The van der Waals surface area contributed by atoms with Crippen LogP contribution in [0.15, 0.2) is 42.7 Å². The molecule has 0 spiro atoms. The van der Waals surface area contributed by atoms with Gasteiger partial charge in [0.15, 0.2) is 5.82 Å². The number of carbonyl (C=O) groups is 2. The van der Waals surface area contributed by atoms with Crippen LogP contribution in [0.5, 0.6) is 0 Å². The quantitative estimate of drug-likeness (QED) is 0.622. The summed E-state index contributed by atoms with van der Waals surface area (Å²) in [5.41, 5.74) is 1.99. The Bertz CT molecular complexity index is 1150. The highest BCUT2D eigenvalue weighted by Gasteiger charge is 2.30. The summed E-state index contributed by atoms with van der Waals surface area (Å²) < 4.78 is 13.1. The Balaban J connectivity index is 1.46. The molecule has 9 nitrogen and oxygen atoms in total. The number of aryl methyl sites for hydroxylation is 1. The predicted octanol–water partition coefficient (Wildman–Crippen LogP) is 1.65. The van der Waals surface area contributed by atoms with E-state index in [1.807, 2.05) is 35.2 Å². The Morgan fingerprint density at radius 1 is 1.03 bits per heavy atom. The molecule has 9 heteroatoms. The number of morpholine rings is 2. The van der Waals surface area contributed by atoms with Crippen molar-refractivity contribution in [3.05, 3.63) is 59.8 Å². The summed E-state index contributed by atoms with van der Waals surface area (Å²) >= 11 is 0. The van der Waals surface area contributed by atoms with E-state index in [0.29, 0.717) is 63.1 Å². The number of imidazole rings is 1. The number of hydrogen-bond donors (Lipinski definition) is 0. The van der Waals surface area contributed by atoms with Crippen molar-refractivity contribution in [2.45, 2.75) is 6.10 Å². The number of fused-ring (bicyclic) bond motifs is 1. The fourth-order valence-corrected chi connectivity index (χ4v) is 4.20. The third kappa shape index (κ3) is 3.85. The number of ether oxygens (including phenoxy) is 2. The normalized spacial score (nSPS) is 19.3. The molecule has 3 aromatic rings. The first-order valence-electron chi connectivity index (χ1n) is 10.8. The molecule has 1 atom stereocenters. The smallest absolute Gasteiger partial charge is 0.290 e. The molecule has 2 amide bonds. The van der Waals surface area contributed by atoms with Crippen LogP contribution in [-0.2, 0) is 16.5 Å². The highest BCUT2D eigenvalue weighted by Crippen LogP contribution is 2.27. The van der Waals surface area contributed by atoms with E-state index in [1.165, 1.54) is 0 Å². The molecule has 0 aliphatic carbocycles. The third-order valence-corrected chi connectivity index (χ3v) is 5.96. The van der Waals surface area contributed by atoms with Crippen LogP contribution in [0.1, 0.15) is 32.8 Å². The monoisotopic (exact) mass is 435 g/mol. The summed E-state index contributed by atoms with van der Waals surface area (Å²) in [6, 6.07) is 9.44. The van der Waals surface area contributed by atoms with Crippen LogP contribution in [0, 0.1) is 0 Å². The minimum atomic E-state index is -0.422. The molecule has 5 rings (SSSR count). The number of aromatic nitrogens is 3. The van der Waals surface area contributed by atoms with Crippen molar-refractivity contribution in [1.29, 1.82) is 0 Å². The molecule has 0 N–H and O–H groups in total. The molecule has 166 valence electrons. The van der Waals surface area contributed by atoms with E-state index in [0.717, 1.165) is 10.9 Å². The SMILES string of the molecule is Cn1ccnc1C(=O)N1CCO[C@H](c2cc(C(=O)N3CCOCC3)c3ccccc3n2)C1. The van der Waals surface area contributed by atoms with Gasteiger partial charge in [0.2, 0.25) is 0 Å². The summed E-state index contributed by atoms with van der Waals surface area (Å²) in [6.07, 6.45) is 2.94. The molecular formula is C23H25N5O4. The molecule has 2 aliphatic rings. The van der Waals surface area contributed by atoms with Gasteiger partial charge in [0.25, 0.3) is 11.8 Å². The lowest BCUT2D eigenvalue weighted by atomic mass is 10.0. The Hall–Kier alpha value is -3.30. The maximum atomic E-state index is 13.3. The maximum Gasteiger partial charge on any atom is 0.290 e. The zero-order valence-corrected chi connectivity index (χ0v) is 17.9. The average Bonchev–Trinajstić information content (AvgIpc) is 3.28. The minimum absolute atomic E-state index is 0.0371. The molecule has 4 heterocycles. The summed E-state index contributed by atoms with van der Waals surface area (Å²) in [5.74, 6) is 0.210. The van der Waals surface area contributed by atoms with Crippen LogP contribution in [0.2, 0.25) is 0 Å². The lowest BCUT2D eigenvalue weighted by Crippen LogP contribution is -2.43. The lowest BCUT2D eigenvalue weighted by molar-refractivity contribution is -0.0251. The number of pyridine rings is 1. The fourth-order valence-electron chi connectivity index (χ4n) is 4.20. The van der Waals surface area contributed by atoms with Crippen LogP contribution in [0.4, 0.5) is 0 Å². The van der Waals surface area contributed by atoms with Gasteiger partial charge in [0, 0.05) is 44.5 Å². The molecule has 2 aromatic heterocycles. The molecule has 0 bridgehead atoms. The second-order valence-corrected chi connectivity index (χ2v) is 7.99. The van der Waals surface area contributed by atoms with Gasteiger partial charge in [-0.05, 0) is 12.1 Å². The van der Waals surface area contributed by atoms with Gasteiger partial charge in [-0.1, -0.05) is 18.2 Å². The van der Waals surface area contributed by atoms with Crippen molar-refractivity contribution in [2.75, 3.05) is 46.0 Å². The maximum absolute atomic E-state index is 13.3. The van der Waals surface area contributed by atoms with Crippen LogP contribution >= 0.6 is 0 Å². The fraction of sp³-hybridized carbons (Fsp3) is 0.391. The van der Waals surface area contributed by atoms with E-state index in [-0.39, 0.29) is 11.8 Å². The molecule has 2 fully saturated rings. The average molecular weight is 435 g/mol. The molecule has 0 unspecified atom stereocenters. The molecule has 1 aromatic carbocycles. The Morgan fingerprint density at radius 3 is 2.59 bits per heavy atom. The molecular weight excluding hydrogens is 410 g/mol. The molecule has 0 radical (unpaired) electrons. The van der Waals surface area contributed by atoms with Gasteiger partial charge in [-0.15, -0.1) is 0 Å². The second kappa shape index (κ2) is 8.68.